The molecular formula is C13H18O3. The van der Waals surface area contributed by atoms with E-state index >= 15 is 0 Å². The van der Waals surface area contributed by atoms with Crippen molar-refractivity contribution in [3.8, 4) is 5.75 Å². The van der Waals surface area contributed by atoms with Gasteiger partial charge in [-0.15, -0.1) is 0 Å². The van der Waals surface area contributed by atoms with Gasteiger partial charge in [-0.1, -0.05) is 6.07 Å². The summed E-state index contributed by atoms with van der Waals surface area (Å²) in [4.78, 5) is 11.0. The van der Waals surface area contributed by atoms with Crippen molar-refractivity contribution in [3.05, 3.63) is 28.3 Å². The fourth-order valence-corrected chi connectivity index (χ4v) is 1.99. The Labute approximate surface area is 96.1 Å². The molecule has 1 aromatic carbocycles. The number of aryl methyl sites for hydroxylation is 1. The molecule has 88 valence electrons. The first kappa shape index (κ1) is 12.6. The van der Waals surface area contributed by atoms with E-state index in [-0.39, 0.29) is 0 Å². The Kier molecular flexibility index (Phi) is 3.58. The fraction of sp³-hybridized carbons (Fsp3) is 0.462. The highest BCUT2D eigenvalue weighted by Crippen LogP contribution is 2.32. The molecule has 0 aromatic heterocycles. The van der Waals surface area contributed by atoms with Crippen molar-refractivity contribution in [2.45, 2.75) is 33.6 Å². The quantitative estimate of drug-likeness (QED) is 0.855. The number of rotatable bonds is 3. The molecule has 0 fully saturated rings. The van der Waals surface area contributed by atoms with E-state index in [1.165, 1.54) is 0 Å². The van der Waals surface area contributed by atoms with Crippen LogP contribution in [0.15, 0.2) is 6.07 Å². The van der Waals surface area contributed by atoms with Gasteiger partial charge in [0.1, 0.15) is 5.75 Å². The minimum atomic E-state index is -0.799. The van der Waals surface area contributed by atoms with Gasteiger partial charge in [0.05, 0.1) is 13.0 Å². The predicted octanol–water partition coefficient (Wildman–Crippen LogP) is 2.81. The van der Waals surface area contributed by atoms with E-state index in [2.05, 4.69) is 0 Å². The molecule has 0 aliphatic heterocycles. The average molecular weight is 222 g/mol. The topological polar surface area (TPSA) is 46.5 Å². The number of ether oxygens (including phenoxy) is 1. The van der Waals surface area contributed by atoms with E-state index in [1.807, 2.05) is 26.8 Å². The number of carbonyl (C=O) groups is 1. The Hall–Kier alpha value is -1.51. The molecule has 16 heavy (non-hydrogen) atoms. The molecule has 0 aliphatic rings. The van der Waals surface area contributed by atoms with Gasteiger partial charge in [0.2, 0.25) is 0 Å². The molecule has 1 aromatic rings. The summed E-state index contributed by atoms with van der Waals surface area (Å²) < 4.78 is 5.30. The first-order valence-corrected chi connectivity index (χ1v) is 5.27. The second-order valence-corrected chi connectivity index (χ2v) is 4.13. The van der Waals surface area contributed by atoms with Crippen LogP contribution >= 0.6 is 0 Å². The zero-order chi connectivity index (χ0) is 12.5. The summed E-state index contributed by atoms with van der Waals surface area (Å²) >= 11 is 0. The maximum absolute atomic E-state index is 11.0. The summed E-state index contributed by atoms with van der Waals surface area (Å²) in [6, 6.07) is 1.90. The number of methoxy groups -OCH3 is 1. The third kappa shape index (κ3) is 2.03. The zero-order valence-electron chi connectivity index (χ0n) is 10.4. The molecule has 0 saturated heterocycles. The van der Waals surface area contributed by atoms with Crippen molar-refractivity contribution in [2.24, 2.45) is 0 Å². The normalized spacial score (nSPS) is 12.3. The van der Waals surface area contributed by atoms with Gasteiger partial charge < -0.3 is 9.84 Å². The molecule has 0 bridgehead atoms. The lowest BCUT2D eigenvalue weighted by molar-refractivity contribution is -0.138. The number of hydrogen-bond donors (Lipinski definition) is 1. The lowest BCUT2D eigenvalue weighted by atomic mass is 9.91. The smallest absolute Gasteiger partial charge is 0.310 e. The number of carboxylic acids is 1. The summed E-state index contributed by atoms with van der Waals surface area (Å²) in [6.07, 6.45) is 0. The summed E-state index contributed by atoms with van der Waals surface area (Å²) in [5.41, 5.74) is 3.86. The van der Waals surface area contributed by atoms with E-state index in [0.717, 1.165) is 28.0 Å². The van der Waals surface area contributed by atoms with Crippen LogP contribution in [0, 0.1) is 20.8 Å². The highest BCUT2D eigenvalue weighted by atomic mass is 16.5. The second kappa shape index (κ2) is 4.56. The third-order valence-corrected chi connectivity index (χ3v) is 3.11. The van der Waals surface area contributed by atoms with Crippen LogP contribution in [0.5, 0.6) is 5.75 Å². The van der Waals surface area contributed by atoms with Crippen molar-refractivity contribution in [1.82, 2.24) is 0 Å². The molecule has 0 aliphatic carbocycles. The first-order valence-electron chi connectivity index (χ1n) is 5.27. The van der Waals surface area contributed by atoms with Gasteiger partial charge in [0.15, 0.2) is 0 Å². The Morgan fingerprint density at radius 2 is 1.88 bits per heavy atom. The van der Waals surface area contributed by atoms with Crippen LogP contribution in [0.25, 0.3) is 0 Å². The Bertz CT molecular complexity index is 422. The molecule has 0 heterocycles. The standard InChI is InChI=1S/C13H18O3/c1-7-6-11(10(4)13(14)15)8(2)9(3)12(7)16-5/h6,10H,1-5H3,(H,14,15). The molecule has 0 spiro atoms. The van der Waals surface area contributed by atoms with E-state index in [1.54, 1.807) is 14.0 Å². The minimum Gasteiger partial charge on any atom is -0.496 e. The van der Waals surface area contributed by atoms with Gasteiger partial charge in [0, 0.05) is 0 Å². The fourth-order valence-electron chi connectivity index (χ4n) is 1.99. The van der Waals surface area contributed by atoms with E-state index < -0.39 is 11.9 Å². The van der Waals surface area contributed by atoms with E-state index in [4.69, 9.17) is 9.84 Å². The van der Waals surface area contributed by atoms with Crippen molar-refractivity contribution < 1.29 is 14.6 Å². The monoisotopic (exact) mass is 222 g/mol. The molecule has 1 rings (SSSR count). The van der Waals surface area contributed by atoms with Crippen LogP contribution in [0.4, 0.5) is 0 Å². The summed E-state index contributed by atoms with van der Waals surface area (Å²) in [7, 11) is 1.63. The lowest BCUT2D eigenvalue weighted by Gasteiger charge is -2.17. The molecule has 1 unspecified atom stereocenters. The summed E-state index contributed by atoms with van der Waals surface area (Å²) in [5.74, 6) is -0.436. The van der Waals surface area contributed by atoms with Gasteiger partial charge in [0.25, 0.3) is 0 Å². The first-order chi connectivity index (χ1) is 7.40. The van der Waals surface area contributed by atoms with Gasteiger partial charge in [-0.2, -0.15) is 0 Å². The van der Waals surface area contributed by atoms with Crippen LogP contribution in [-0.2, 0) is 4.79 Å². The van der Waals surface area contributed by atoms with Gasteiger partial charge >= 0.3 is 5.97 Å². The molecule has 1 N–H and O–H groups in total. The maximum atomic E-state index is 11.0. The van der Waals surface area contributed by atoms with Crippen LogP contribution in [0.3, 0.4) is 0 Å². The van der Waals surface area contributed by atoms with Gasteiger partial charge in [-0.05, 0) is 49.9 Å². The minimum absolute atomic E-state index is 0.483. The van der Waals surface area contributed by atoms with Crippen LogP contribution < -0.4 is 4.74 Å². The van der Waals surface area contributed by atoms with Crippen molar-refractivity contribution in [3.63, 3.8) is 0 Å². The average Bonchev–Trinajstić information content (AvgIpc) is 2.23. The third-order valence-electron chi connectivity index (χ3n) is 3.11. The SMILES string of the molecule is COc1c(C)cc(C(C)C(=O)O)c(C)c1C. The van der Waals surface area contributed by atoms with Crippen LogP contribution in [0.1, 0.15) is 35.1 Å². The second-order valence-electron chi connectivity index (χ2n) is 4.13. The maximum Gasteiger partial charge on any atom is 0.310 e. The molecular weight excluding hydrogens is 204 g/mol. The molecule has 3 heteroatoms. The lowest BCUT2D eigenvalue weighted by Crippen LogP contribution is -2.10. The Morgan fingerprint density at radius 1 is 1.31 bits per heavy atom. The van der Waals surface area contributed by atoms with Crippen LogP contribution in [-0.4, -0.2) is 18.2 Å². The van der Waals surface area contributed by atoms with E-state index in [9.17, 15) is 4.79 Å². The largest absolute Gasteiger partial charge is 0.496 e. The summed E-state index contributed by atoms with van der Waals surface area (Å²) in [6.45, 7) is 7.53. The number of hydrogen-bond acceptors (Lipinski definition) is 2. The molecule has 0 radical (unpaired) electrons. The Morgan fingerprint density at radius 3 is 2.31 bits per heavy atom. The zero-order valence-corrected chi connectivity index (χ0v) is 10.4. The highest BCUT2D eigenvalue weighted by Gasteiger charge is 2.19. The number of aliphatic carboxylic acids is 1. The van der Waals surface area contributed by atoms with Crippen molar-refractivity contribution in [1.29, 1.82) is 0 Å². The number of carboxylic acid groups (broad SMARTS) is 1. The van der Waals surface area contributed by atoms with Gasteiger partial charge in [-0.25, -0.2) is 0 Å². The van der Waals surface area contributed by atoms with Crippen molar-refractivity contribution >= 4 is 5.97 Å². The predicted molar refractivity (Wildman–Crippen MR) is 63.3 cm³/mol. The van der Waals surface area contributed by atoms with E-state index in [0.29, 0.717) is 0 Å². The molecule has 1 atom stereocenters. The highest BCUT2D eigenvalue weighted by molar-refractivity contribution is 5.76. The van der Waals surface area contributed by atoms with Crippen molar-refractivity contribution in [2.75, 3.05) is 7.11 Å². The van der Waals surface area contributed by atoms with Gasteiger partial charge in [-0.3, -0.25) is 4.79 Å². The molecule has 0 amide bonds. The number of benzene rings is 1. The summed E-state index contributed by atoms with van der Waals surface area (Å²) in [5, 5.41) is 9.04. The molecule has 0 saturated carbocycles. The molecule has 3 nitrogen and oxygen atoms in total. The van der Waals surface area contributed by atoms with Crippen LogP contribution in [0.2, 0.25) is 0 Å². The Balaban J connectivity index is 3.39.